The van der Waals surface area contributed by atoms with Gasteiger partial charge in [0.15, 0.2) is 0 Å². The third kappa shape index (κ3) is 4.64. The number of amides is 2. The number of aliphatic hydroxyl groups is 1. The van der Waals surface area contributed by atoms with Crippen molar-refractivity contribution in [1.29, 1.82) is 0 Å². The molecule has 0 unspecified atom stereocenters. The van der Waals surface area contributed by atoms with Crippen molar-refractivity contribution < 1.29 is 14.7 Å². The van der Waals surface area contributed by atoms with Gasteiger partial charge in [-0.15, -0.1) is 0 Å². The molecule has 142 valence electrons. The number of likely N-dealkylation sites (tertiary alicyclic amines) is 1. The molecular weight excluding hydrogens is 328 g/mol. The van der Waals surface area contributed by atoms with Crippen molar-refractivity contribution in [2.24, 2.45) is 5.92 Å². The van der Waals surface area contributed by atoms with Gasteiger partial charge in [0.05, 0.1) is 12.0 Å². The van der Waals surface area contributed by atoms with E-state index in [0.717, 1.165) is 49.7 Å². The van der Waals surface area contributed by atoms with Crippen molar-refractivity contribution in [2.75, 3.05) is 13.1 Å². The molecule has 1 aliphatic carbocycles. The molecule has 3 rings (SSSR count). The van der Waals surface area contributed by atoms with E-state index in [9.17, 15) is 14.7 Å². The molecule has 5 heteroatoms. The monoisotopic (exact) mass is 358 g/mol. The fourth-order valence-electron chi connectivity index (χ4n) is 4.20. The lowest BCUT2D eigenvalue weighted by Crippen LogP contribution is -2.48. The van der Waals surface area contributed by atoms with Crippen LogP contribution < -0.4 is 5.32 Å². The minimum absolute atomic E-state index is 0.0232. The first-order valence-electron chi connectivity index (χ1n) is 9.78. The molecule has 1 saturated carbocycles. The average molecular weight is 358 g/mol. The van der Waals surface area contributed by atoms with Crippen LogP contribution in [0.5, 0.6) is 0 Å². The van der Waals surface area contributed by atoms with Gasteiger partial charge in [-0.1, -0.05) is 17.2 Å². The second-order valence-electron chi connectivity index (χ2n) is 7.98. The molecule has 0 spiro atoms. The molecule has 1 saturated heterocycles. The molecule has 26 heavy (non-hydrogen) atoms. The number of aryl methyl sites for hydroxylation is 2. The first-order valence-corrected chi connectivity index (χ1v) is 9.78. The summed E-state index contributed by atoms with van der Waals surface area (Å²) in [6.45, 7) is 5.20. The van der Waals surface area contributed by atoms with Crippen molar-refractivity contribution in [3.63, 3.8) is 0 Å². The lowest BCUT2D eigenvalue weighted by Gasteiger charge is -2.34. The summed E-state index contributed by atoms with van der Waals surface area (Å²) in [4.78, 5) is 27.3. The molecule has 5 nitrogen and oxygen atoms in total. The van der Waals surface area contributed by atoms with E-state index in [0.29, 0.717) is 18.7 Å². The molecule has 1 atom stereocenters. The van der Waals surface area contributed by atoms with E-state index in [4.69, 9.17) is 0 Å². The topological polar surface area (TPSA) is 69.6 Å². The van der Waals surface area contributed by atoms with Crippen molar-refractivity contribution >= 4 is 11.8 Å². The van der Waals surface area contributed by atoms with Crippen molar-refractivity contribution in [2.45, 2.75) is 64.5 Å². The van der Waals surface area contributed by atoms with Crippen LogP contribution in [0.4, 0.5) is 0 Å². The number of piperidine rings is 1. The van der Waals surface area contributed by atoms with Gasteiger partial charge in [-0.05, 0) is 64.5 Å². The SMILES string of the molecule is Cc1cc(C)cc(C(=O)N2CCC[C@H](C(=O)NC3CCC(O)CC3)C2)c1. The second kappa shape index (κ2) is 8.21. The summed E-state index contributed by atoms with van der Waals surface area (Å²) in [6, 6.07) is 6.07. The molecule has 1 aromatic carbocycles. The van der Waals surface area contributed by atoms with Crippen LogP contribution in [0.2, 0.25) is 0 Å². The van der Waals surface area contributed by atoms with Crippen LogP contribution in [-0.2, 0) is 4.79 Å². The molecular formula is C21H30N2O3. The Kier molecular flexibility index (Phi) is 5.97. The van der Waals surface area contributed by atoms with Gasteiger partial charge < -0.3 is 15.3 Å². The minimum Gasteiger partial charge on any atom is -0.393 e. The van der Waals surface area contributed by atoms with Crippen LogP contribution >= 0.6 is 0 Å². The van der Waals surface area contributed by atoms with Crippen molar-refractivity contribution in [3.05, 3.63) is 34.9 Å². The van der Waals surface area contributed by atoms with Crippen LogP contribution in [0, 0.1) is 19.8 Å². The summed E-state index contributed by atoms with van der Waals surface area (Å²) in [5.74, 6) is -0.0511. The van der Waals surface area contributed by atoms with Crippen molar-refractivity contribution in [3.8, 4) is 0 Å². The highest BCUT2D eigenvalue weighted by molar-refractivity contribution is 5.95. The van der Waals surface area contributed by atoms with E-state index in [1.54, 1.807) is 0 Å². The molecule has 0 radical (unpaired) electrons. The molecule has 1 heterocycles. The van der Waals surface area contributed by atoms with Gasteiger partial charge in [-0.25, -0.2) is 0 Å². The van der Waals surface area contributed by atoms with E-state index < -0.39 is 0 Å². The predicted molar refractivity (Wildman–Crippen MR) is 101 cm³/mol. The molecule has 2 aliphatic rings. The summed E-state index contributed by atoms with van der Waals surface area (Å²) in [5.41, 5.74) is 2.88. The first-order chi connectivity index (χ1) is 12.4. The van der Waals surface area contributed by atoms with E-state index in [1.807, 2.05) is 30.9 Å². The quantitative estimate of drug-likeness (QED) is 0.872. The largest absolute Gasteiger partial charge is 0.393 e. The summed E-state index contributed by atoms with van der Waals surface area (Å²) in [6.07, 6.45) is 4.66. The number of nitrogens with zero attached hydrogens (tertiary/aromatic N) is 1. The highest BCUT2D eigenvalue weighted by atomic mass is 16.3. The zero-order valence-electron chi connectivity index (χ0n) is 15.8. The van der Waals surface area contributed by atoms with Gasteiger partial charge in [-0.2, -0.15) is 0 Å². The zero-order valence-corrected chi connectivity index (χ0v) is 15.8. The third-order valence-corrected chi connectivity index (χ3v) is 5.59. The maximum atomic E-state index is 12.9. The number of hydrogen-bond donors (Lipinski definition) is 2. The fraction of sp³-hybridized carbons (Fsp3) is 0.619. The van der Waals surface area contributed by atoms with Gasteiger partial charge in [-0.3, -0.25) is 9.59 Å². The normalized spacial score (nSPS) is 26.4. The number of nitrogens with one attached hydrogen (secondary N) is 1. The third-order valence-electron chi connectivity index (χ3n) is 5.59. The van der Waals surface area contributed by atoms with Crippen LogP contribution in [0.1, 0.15) is 60.0 Å². The Morgan fingerprint density at radius 3 is 2.35 bits per heavy atom. The Morgan fingerprint density at radius 1 is 1.04 bits per heavy atom. The van der Waals surface area contributed by atoms with Crippen LogP contribution in [-0.4, -0.2) is 47.1 Å². The summed E-state index contributed by atoms with van der Waals surface area (Å²) < 4.78 is 0. The number of benzene rings is 1. The first kappa shape index (κ1) is 18.9. The molecule has 1 aromatic rings. The van der Waals surface area contributed by atoms with Gasteiger partial charge >= 0.3 is 0 Å². The van der Waals surface area contributed by atoms with E-state index >= 15 is 0 Å². The maximum absolute atomic E-state index is 12.9. The Morgan fingerprint density at radius 2 is 1.69 bits per heavy atom. The van der Waals surface area contributed by atoms with Gasteiger partial charge in [0, 0.05) is 24.7 Å². The standard InChI is InChI=1S/C21H30N2O3/c1-14-10-15(2)12-17(11-14)21(26)23-9-3-4-16(13-23)20(25)22-18-5-7-19(24)8-6-18/h10-12,16,18-19,24H,3-9,13H2,1-2H3,(H,22,25)/t16-,18?,19?/m0/s1. The molecule has 0 bridgehead atoms. The molecule has 2 fully saturated rings. The summed E-state index contributed by atoms with van der Waals surface area (Å²) >= 11 is 0. The molecule has 1 aliphatic heterocycles. The van der Waals surface area contributed by atoms with E-state index in [-0.39, 0.29) is 29.9 Å². The Bertz CT molecular complexity index is 645. The molecule has 2 amide bonds. The van der Waals surface area contributed by atoms with Crippen LogP contribution in [0.15, 0.2) is 18.2 Å². The van der Waals surface area contributed by atoms with Gasteiger partial charge in [0.25, 0.3) is 5.91 Å². The number of aliphatic hydroxyl groups excluding tert-OH is 1. The number of hydrogen-bond acceptors (Lipinski definition) is 3. The van der Waals surface area contributed by atoms with Crippen LogP contribution in [0.25, 0.3) is 0 Å². The average Bonchev–Trinajstić information content (AvgIpc) is 2.62. The predicted octanol–water partition coefficient (Wildman–Crippen LogP) is 2.58. The van der Waals surface area contributed by atoms with Crippen molar-refractivity contribution in [1.82, 2.24) is 10.2 Å². The van der Waals surface area contributed by atoms with Crippen LogP contribution in [0.3, 0.4) is 0 Å². The molecule has 2 N–H and O–H groups in total. The van der Waals surface area contributed by atoms with Gasteiger partial charge in [0.1, 0.15) is 0 Å². The fourth-order valence-corrected chi connectivity index (χ4v) is 4.20. The van der Waals surface area contributed by atoms with E-state index in [2.05, 4.69) is 11.4 Å². The maximum Gasteiger partial charge on any atom is 0.253 e. The summed E-state index contributed by atoms with van der Waals surface area (Å²) in [5, 5.41) is 12.7. The highest BCUT2D eigenvalue weighted by Gasteiger charge is 2.30. The Balaban J connectivity index is 1.59. The summed E-state index contributed by atoms with van der Waals surface area (Å²) in [7, 11) is 0. The van der Waals surface area contributed by atoms with E-state index in [1.165, 1.54) is 0 Å². The lowest BCUT2D eigenvalue weighted by molar-refractivity contribution is -0.127. The lowest BCUT2D eigenvalue weighted by atomic mass is 9.91. The zero-order chi connectivity index (χ0) is 18.7. The Labute approximate surface area is 155 Å². The second-order valence-corrected chi connectivity index (χ2v) is 7.98. The highest BCUT2D eigenvalue weighted by Crippen LogP contribution is 2.22. The number of rotatable bonds is 3. The number of carbonyl (C=O) groups excluding carboxylic acids is 2. The number of carbonyl (C=O) groups is 2. The smallest absolute Gasteiger partial charge is 0.253 e. The minimum atomic E-state index is -0.219. The Hall–Kier alpha value is -1.88. The molecule has 0 aromatic heterocycles. The van der Waals surface area contributed by atoms with Gasteiger partial charge in [0.2, 0.25) is 5.91 Å².